The van der Waals surface area contributed by atoms with Crippen molar-refractivity contribution in [1.82, 2.24) is 0 Å². The number of rotatable bonds is 3. The predicted molar refractivity (Wildman–Crippen MR) is 54.9 cm³/mol. The SMILES string of the molecule is CCC(CC(O)(C(F)(F)F)C(F)(F)F)C(C)(C)C. The van der Waals surface area contributed by atoms with Crippen LogP contribution in [0.1, 0.15) is 40.5 Å². The van der Waals surface area contributed by atoms with Gasteiger partial charge in [-0.25, -0.2) is 0 Å². The summed E-state index contributed by atoms with van der Waals surface area (Å²) < 4.78 is 75.1. The molecule has 0 aliphatic heterocycles. The highest BCUT2D eigenvalue weighted by molar-refractivity contribution is 4.96. The zero-order valence-corrected chi connectivity index (χ0v) is 10.7. The fraction of sp³-hybridized carbons (Fsp3) is 1.00. The summed E-state index contributed by atoms with van der Waals surface area (Å²) in [6.45, 7) is 6.15. The van der Waals surface area contributed by atoms with Crippen LogP contribution < -0.4 is 0 Å². The molecule has 1 unspecified atom stereocenters. The Morgan fingerprint density at radius 3 is 1.39 bits per heavy atom. The summed E-state index contributed by atoms with van der Waals surface area (Å²) in [7, 11) is 0. The maximum atomic E-state index is 12.5. The van der Waals surface area contributed by atoms with Gasteiger partial charge in [-0.1, -0.05) is 34.1 Å². The van der Waals surface area contributed by atoms with Crippen molar-refractivity contribution in [2.75, 3.05) is 0 Å². The van der Waals surface area contributed by atoms with E-state index in [0.29, 0.717) is 0 Å². The van der Waals surface area contributed by atoms with Gasteiger partial charge in [0.25, 0.3) is 5.60 Å². The van der Waals surface area contributed by atoms with E-state index in [1.165, 1.54) is 6.92 Å². The van der Waals surface area contributed by atoms with Crippen molar-refractivity contribution >= 4 is 0 Å². The fourth-order valence-electron chi connectivity index (χ4n) is 1.81. The van der Waals surface area contributed by atoms with E-state index in [1.807, 2.05) is 0 Å². The lowest BCUT2D eigenvalue weighted by Crippen LogP contribution is -2.58. The summed E-state index contributed by atoms with van der Waals surface area (Å²) in [5, 5.41) is 9.10. The third-order valence-electron chi connectivity index (χ3n) is 3.20. The molecule has 0 aromatic rings. The van der Waals surface area contributed by atoms with Crippen LogP contribution in [0.2, 0.25) is 0 Å². The lowest BCUT2D eigenvalue weighted by atomic mass is 9.73. The van der Waals surface area contributed by atoms with E-state index in [2.05, 4.69) is 0 Å². The number of hydrogen-bond donors (Lipinski definition) is 1. The molecule has 0 rings (SSSR count). The fourth-order valence-corrected chi connectivity index (χ4v) is 1.81. The van der Waals surface area contributed by atoms with Gasteiger partial charge in [-0.15, -0.1) is 0 Å². The van der Waals surface area contributed by atoms with Crippen LogP contribution >= 0.6 is 0 Å². The van der Waals surface area contributed by atoms with Gasteiger partial charge in [0.05, 0.1) is 0 Å². The number of hydrogen-bond acceptors (Lipinski definition) is 1. The Morgan fingerprint density at radius 1 is 0.889 bits per heavy atom. The minimum atomic E-state index is -5.73. The lowest BCUT2D eigenvalue weighted by molar-refractivity contribution is -0.374. The topological polar surface area (TPSA) is 20.2 Å². The van der Waals surface area contributed by atoms with E-state index in [4.69, 9.17) is 5.11 Å². The standard InChI is InChI=1S/C11H18F6O/c1-5-7(8(2,3)4)6-9(18,10(12,13)14)11(15,16)17/h7,18H,5-6H2,1-4H3. The minimum Gasteiger partial charge on any atom is -0.374 e. The van der Waals surface area contributed by atoms with Gasteiger partial charge in [-0.2, -0.15) is 26.3 Å². The summed E-state index contributed by atoms with van der Waals surface area (Å²) >= 11 is 0. The Bertz CT molecular complexity index is 259. The summed E-state index contributed by atoms with van der Waals surface area (Å²) in [6.07, 6.45) is -12.7. The van der Waals surface area contributed by atoms with Crippen molar-refractivity contribution in [3.05, 3.63) is 0 Å². The van der Waals surface area contributed by atoms with Crippen molar-refractivity contribution < 1.29 is 31.4 Å². The summed E-state index contributed by atoms with van der Waals surface area (Å²) in [5.74, 6) is -0.897. The highest BCUT2D eigenvalue weighted by Gasteiger charge is 2.70. The molecule has 1 N–H and O–H groups in total. The van der Waals surface area contributed by atoms with Crippen molar-refractivity contribution in [3.63, 3.8) is 0 Å². The average Bonchev–Trinajstić information content (AvgIpc) is 2.07. The van der Waals surface area contributed by atoms with E-state index in [9.17, 15) is 26.3 Å². The second kappa shape index (κ2) is 4.90. The molecule has 0 aromatic carbocycles. The Morgan fingerprint density at radius 2 is 1.22 bits per heavy atom. The molecule has 1 nitrogen and oxygen atoms in total. The molecule has 7 heteroatoms. The van der Waals surface area contributed by atoms with E-state index in [1.54, 1.807) is 20.8 Å². The Labute approximate surface area is 102 Å². The van der Waals surface area contributed by atoms with Crippen LogP contribution in [0, 0.1) is 11.3 Å². The summed E-state index contributed by atoms with van der Waals surface area (Å²) in [5.41, 5.74) is -5.40. The van der Waals surface area contributed by atoms with Gasteiger partial charge >= 0.3 is 12.4 Å². The average molecular weight is 280 g/mol. The highest BCUT2D eigenvalue weighted by atomic mass is 19.4. The largest absolute Gasteiger partial charge is 0.426 e. The molecule has 110 valence electrons. The zero-order chi connectivity index (χ0) is 15.0. The monoisotopic (exact) mass is 280 g/mol. The molecule has 0 radical (unpaired) electrons. The molecular weight excluding hydrogens is 262 g/mol. The van der Waals surface area contributed by atoms with Crippen LogP contribution in [0.3, 0.4) is 0 Å². The van der Waals surface area contributed by atoms with Crippen LogP contribution in [0.5, 0.6) is 0 Å². The van der Waals surface area contributed by atoms with E-state index in [0.717, 1.165) is 0 Å². The second-order valence-electron chi connectivity index (χ2n) is 5.53. The minimum absolute atomic E-state index is 0.123. The molecule has 0 aliphatic rings. The van der Waals surface area contributed by atoms with Crippen molar-refractivity contribution in [2.45, 2.75) is 58.5 Å². The van der Waals surface area contributed by atoms with Gasteiger partial charge < -0.3 is 5.11 Å². The van der Waals surface area contributed by atoms with Gasteiger partial charge in [0, 0.05) is 0 Å². The molecule has 0 saturated carbocycles. The quantitative estimate of drug-likeness (QED) is 0.764. The molecule has 0 amide bonds. The molecule has 1 atom stereocenters. The van der Waals surface area contributed by atoms with Gasteiger partial charge in [0.1, 0.15) is 0 Å². The van der Waals surface area contributed by atoms with Crippen LogP contribution in [-0.2, 0) is 0 Å². The number of aliphatic hydroxyl groups is 1. The molecule has 0 aliphatic carbocycles. The van der Waals surface area contributed by atoms with Crippen molar-refractivity contribution in [1.29, 1.82) is 0 Å². The van der Waals surface area contributed by atoms with Gasteiger partial charge in [-0.05, 0) is 17.8 Å². The molecule has 18 heavy (non-hydrogen) atoms. The molecule has 0 spiro atoms. The first-order chi connectivity index (χ1) is 7.67. The van der Waals surface area contributed by atoms with Crippen molar-refractivity contribution in [3.8, 4) is 0 Å². The van der Waals surface area contributed by atoms with E-state index in [-0.39, 0.29) is 6.42 Å². The third-order valence-corrected chi connectivity index (χ3v) is 3.20. The smallest absolute Gasteiger partial charge is 0.374 e. The number of alkyl halides is 6. The first-order valence-electron chi connectivity index (χ1n) is 5.52. The Balaban J connectivity index is 5.41. The normalized spacial score (nSPS) is 16.8. The van der Waals surface area contributed by atoms with Crippen LogP contribution in [0.15, 0.2) is 0 Å². The maximum absolute atomic E-state index is 12.5. The predicted octanol–water partition coefficient (Wildman–Crippen LogP) is 4.30. The third kappa shape index (κ3) is 3.52. The van der Waals surface area contributed by atoms with E-state index < -0.39 is 35.7 Å². The Kier molecular flexibility index (Phi) is 4.78. The second-order valence-corrected chi connectivity index (χ2v) is 5.53. The lowest BCUT2D eigenvalue weighted by Gasteiger charge is -2.39. The van der Waals surface area contributed by atoms with Crippen LogP contribution in [0.25, 0.3) is 0 Å². The molecule has 0 fully saturated rings. The van der Waals surface area contributed by atoms with E-state index >= 15 is 0 Å². The Hall–Kier alpha value is -0.460. The highest BCUT2D eigenvalue weighted by Crippen LogP contribution is 2.49. The van der Waals surface area contributed by atoms with Gasteiger partial charge in [-0.3, -0.25) is 0 Å². The van der Waals surface area contributed by atoms with Gasteiger partial charge in [0.15, 0.2) is 0 Å². The van der Waals surface area contributed by atoms with Crippen LogP contribution in [0.4, 0.5) is 26.3 Å². The molecule has 0 aromatic heterocycles. The number of halogens is 6. The maximum Gasteiger partial charge on any atom is 0.426 e. The molecular formula is C11H18F6O. The zero-order valence-electron chi connectivity index (χ0n) is 10.7. The summed E-state index contributed by atoms with van der Waals surface area (Å²) in [4.78, 5) is 0. The van der Waals surface area contributed by atoms with Crippen LogP contribution in [-0.4, -0.2) is 23.1 Å². The van der Waals surface area contributed by atoms with Gasteiger partial charge in [0.2, 0.25) is 0 Å². The molecule has 0 bridgehead atoms. The first-order valence-corrected chi connectivity index (χ1v) is 5.52. The molecule has 0 saturated heterocycles. The first kappa shape index (κ1) is 17.5. The van der Waals surface area contributed by atoms with Crippen molar-refractivity contribution in [2.24, 2.45) is 11.3 Å². The molecule has 0 heterocycles. The summed E-state index contributed by atoms with van der Waals surface area (Å²) in [6, 6.07) is 0.